The molecule has 0 saturated carbocycles. The van der Waals surface area contributed by atoms with Crippen LogP contribution < -0.4 is 5.32 Å². The normalized spacial score (nSPS) is 12.0. The highest BCUT2D eigenvalue weighted by Gasteiger charge is 2.16. The Morgan fingerprint density at radius 3 is 2.52 bits per heavy atom. The maximum absolute atomic E-state index is 12.1. The zero-order valence-corrected chi connectivity index (χ0v) is 13.8. The summed E-state index contributed by atoms with van der Waals surface area (Å²) in [5, 5.41) is 11.8. The standard InChI is InChI=1S/C16H23NO3S/c1-5-6-7-21-12(4)15(18)17-14-9-13(16(19)20)10(2)8-11(14)3/h8-9,12H,5-7H2,1-4H3,(H,17,18)(H,19,20). The number of carbonyl (C=O) groups is 2. The molecule has 0 aromatic heterocycles. The number of unbranched alkanes of at least 4 members (excludes halogenated alkanes) is 1. The first-order valence-electron chi connectivity index (χ1n) is 7.13. The van der Waals surface area contributed by atoms with Gasteiger partial charge in [0, 0.05) is 5.69 Å². The number of anilines is 1. The van der Waals surface area contributed by atoms with E-state index in [1.54, 1.807) is 24.8 Å². The van der Waals surface area contributed by atoms with Crippen molar-refractivity contribution >= 4 is 29.3 Å². The molecular formula is C16H23NO3S. The number of amides is 1. The minimum absolute atomic E-state index is 0.0839. The molecule has 0 bridgehead atoms. The van der Waals surface area contributed by atoms with Crippen LogP contribution in [0.1, 0.15) is 48.2 Å². The molecular weight excluding hydrogens is 286 g/mol. The summed E-state index contributed by atoms with van der Waals surface area (Å²) >= 11 is 1.62. The number of hydrogen-bond acceptors (Lipinski definition) is 3. The second kappa shape index (κ2) is 8.08. The molecule has 0 aliphatic carbocycles. The highest BCUT2D eigenvalue weighted by molar-refractivity contribution is 8.00. The van der Waals surface area contributed by atoms with E-state index in [9.17, 15) is 9.59 Å². The van der Waals surface area contributed by atoms with Crippen LogP contribution in [0.3, 0.4) is 0 Å². The fraction of sp³-hybridized carbons (Fsp3) is 0.500. The zero-order chi connectivity index (χ0) is 16.0. The van der Waals surface area contributed by atoms with Gasteiger partial charge in [0.15, 0.2) is 0 Å². The maximum Gasteiger partial charge on any atom is 0.336 e. The highest BCUT2D eigenvalue weighted by atomic mass is 32.2. The van der Waals surface area contributed by atoms with Crippen LogP contribution in [0.2, 0.25) is 0 Å². The molecule has 0 radical (unpaired) electrons. The van der Waals surface area contributed by atoms with Gasteiger partial charge < -0.3 is 10.4 Å². The number of aromatic carboxylic acids is 1. The molecule has 0 aliphatic heterocycles. The van der Waals surface area contributed by atoms with E-state index in [1.165, 1.54) is 6.07 Å². The van der Waals surface area contributed by atoms with E-state index in [0.29, 0.717) is 11.3 Å². The number of carbonyl (C=O) groups excluding carboxylic acids is 1. The third kappa shape index (κ3) is 5.08. The van der Waals surface area contributed by atoms with Gasteiger partial charge in [-0.3, -0.25) is 4.79 Å². The van der Waals surface area contributed by atoms with Gasteiger partial charge in [0.2, 0.25) is 5.91 Å². The van der Waals surface area contributed by atoms with Crippen LogP contribution in [-0.2, 0) is 4.79 Å². The Morgan fingerprint density at radius 1 is 1.29 bits per heavy atom. The van der Waals surface area contributed by atoms with Crippen molar-refractivity contribution in [2.45, 2.75) is 45.8 Å². The number of nitrogens with one attached hydrogen (secondary N) is 1. The second-order valence-corrected chi connectivity index (χ2v) is 6.59. The fourth-order valence-electron chi connectivity index (χ4n) is 1.93. The lowest BCUT2D eigenvalue weighted by Gasteiger charge is -2.15. The van der Waals surface area contributed by atoms with Crippen molar-refractivity contribution < 1.29 is 14.7 Å². The quantitative estimate of drug-likeness (QED) is 0.751. The number of hydrogen-bond donors (Lipinski definition) is 2. The molecule has 1 unspecified atom stereocenters. The fourth-order valence-corrected chi connectivity index (χ4v) is 2.95. The monoisotopic (exact) mass is 309 g/mol. The van der Waals surface area contributed by atoms with Crippen molar-refractivity contribution in [3.63, 3.8) is 0 Å². The Bertz CT molecular complexity index is 528. The SMILES string of the molecule is CCCCSC(C)C(=O)Nc1cc(C(=O)O)c(C)cc1C. The number of carboxylic acids is 1. The minimum atomic E-state index is -0.978. The Morgan fingerprint density at radius 2 is 1.95 bits per heavy atom. The van der Waals surface area contributed by atoms with Crippen molar-refractivity contribution in [2.24, 2.45) is 0 Å². The number of aryl methyl sites for hydroxylation is 2. The minimum Gasteiger partial charge on any atom is -0.478 e. The number of thioether (sulfide) groups is 1. The molecule has 1 amide bonds. The summed E-state index contributed by atoms with van der Waals surface area (Å²) in [6.07, 6.45) is 2.20. The van der Waals surface area contributed by atoms with Crippen LogP contribution in [0.4, 0.5) is 5.69 Å². The first-order valence-corrected chi connectivity index (χ1v) is 8.18. The first-order chi connectivity index (χ1) is 9.86. The molecule has 1 aromatic carbocycles. The average molecular weight is 309 g/mol. The van der Waals surface area contributed by atoms with E-state index in [1.807, 2.05) is 13.8 Å². The summed E-state index contributed by atoms with van der Waals surface area (Å²) in [5.41, 5.74) is 2.37. The Labute approximate surface area is 130 Å². The molecule has 21 heavy (non-hydrogen) atoms. The predicted octanol–water partition coefficient (Wildman–Crippen LogP) is 3.86. The molecule has 2 N–H and O–H groups in total. The smallest absolute Gasteiger partial charge is 0.336 e. The number of benzene rings is 1. The molecule has 0 fully saturated rings. The van der Waals surface area contributed by atoms with Crippen molar-refractivity contribution in [1.29, 1.82) is 0 Å². The van der Waals surface area contributed by atoms with Crippen LogP contribution >= 0.6 is 11.8 Å². The Balaban J connectivity index is 2.80. The van der Waals surface area contributed by atoms with Gasteiger partial charge in [0.05, 0.1) is 10.8 Å². The van der Waals surface area contributed by atoms with Crippen LogP contribution in [0.15, 0.2) is 12.1 Å². The van der Waals surface area contributed by atoms with Gasteiger partial charge in [0.25, 0.3) is 0 Å². The Hall–Kier alpha value is -1.49. The van der Waals surface area contributed by atoms with Crippen LogP contribution in [0.25, 0.3) is 0 Å². The van der Waals surface area contributed by atoms with E-state index in [-0.39, 0.29) is 16.7 Å². The van der Waals surface area contributed by atoms with Gasteiger partial charge in [-0.05, 0) is 50.1 Å². The molecule has 0 heterocycles. The summed E-state index contributed by atoms with van der Waals surface area (Å²) in [6, 6.07) is 3.32. The summed E-state index contributed by atoms with van der Waals surface area (Å²) in [5.74, 6) is -0.106. The molecule has 0 spiro atoms. The average Bonchev–Trinajstić information content (AvgIpc) is 2.41. The predicted molar refractivity (Wildman–Crippen MR) is 88.3 cm³/mol. The molecule has 0 aliphatic rings. The topological polar surface area (TPSA) is 66.4 Å². The van der Waals surface area contributed by atoms with Gasteiger partial charge in [-0.2, -0.15) is 0 Å². The van der Waals surface area contributed by atoms with Gasteiger partial charge in [0.1, 0.15) is 0 Å². The highest BCUT2D eigenvalue weighted by Crippen LogP contribution is 2.22. The third-order valence-electron chi connectivity index (χ3n) is 3.29. The lowest BCUT2D eigenvalue weighted by Crippen LogP contribution is -2.23. The van der Waals surface area contributed by atoms with E-state index < -0.39 is 5.97 Å². The third-order valence-corrected chi connectivity index (χ3v) is 4.53. The van der Waals surface area contributed by atoms with Gasteiger partial charge in [-0.1, -0.05) is 19.4 Å². The van der Waals surface area contributed by atoms with Gasteiger partial charge >= 0.3 is 5.97 Å². The maximum atomic E-state index is 12.1. The van der Waals surface area contributed by atoms with Crippen molar-refractivity contribution in [3.05, 3.63) is 28.8 Å². The van der Waals surface area contributed by atoms with E-state index >= 15 is 0 Å². The van der Waals surface area contributed by atoms with E-state index in [2.05, 4.69) is 12.2 Å². The first kappa shape index (κ1) is 17.6. The summed E-state index contributed by atoms with van der Waals surface area (Å²) < 4.78 is 0. The lowest BCUT2D eigenvalue weighted by molar-refractivity contribution is -0.115. The van der Waals surface area contributed by atoms with Crippen LogP contribution in [0, 0.1) is 13.8 Å². The van der Waals surface area contributed by atoms with Gasteiger partial charge in [-0.25, -0.2) is 4.79 Å². The molecule has 1 rings (SSSR count). The van der Waals surface area contributed by atoms with Crippen molar-refractivity contribution in [3.8, 4) is 0 Å². The largest absolute Gasteiger partial charge is 0.478 e. The molecule has 1 aromatic rings. The van der Waals surface area contributed by atoms with Gasteiger partial charge in [-0.15, -0.1) is 11.8 Å². The zero-order valence-electron chi connectivity index (χ0n) is 13.0. The van der Waals surface area contributed by atoms with Crippen molar-refractivity contribution in [2.75, 3.05) is 11.1 Å². The van der Waals surface area contributed by atoms with Crippen LogP contribution in [-0.4, -0.2) is 28.0 Å². The second-order valence-electron chi connectivity index (χ2n) is 5.14. The molecule has 4 nitrogen and oxygen atoms in total. The van der Waals surface area contributed by atoms with E-state index in [4.69, 9.17) is 5.11 Å². The number of rotatable bonds is 7. The molecule has 1 atom stereocenters. The van der Waals surface area contributed by atoms with Crippen LogP contribution in [0.5, 0.6) is 0 Å². The summed E-state index contributed by atoms with van der Waals surface area (Å²) in [4.78, 5) is 23.3. The summed E-state index contributed by atoms with van der Waals surface area (Å²) in [6.45, 7) is 7.61. The lowest BCUT2D eigenvalue weighted by atomic mass is 10.0. The molecule has 5 heteroatoms. The molecule has 0 saturated heterocycles. The van der Waals surface area contributed by atoms with Crippen molar-refractivity contribution in [1.82, 2.24) is 0 Å². The Kier molecular flexibility index (Phi) is 6.75. The summed E-state index contributed by atoms with van der Waals surface area (Å²) in [7, 11) is 0. The molecule has 116 valence electrons. The van der Waals surface area contributed by atoms with E-state index in [0.717, 1.165) is 24.2 Å². The number of carboxylic acid groups (broad SMARTS) is 1.